The molecule has 2 nitrogen and oxygen atoms in total. The molecule has 0 amide bonds. The second kappa shape index (κ2) is 6.51. The number of hydrogen-bond donors (Lipinski definition) is 0. The SMILES string of the molecule is CCc1ccc(C2C(=O)Oc3c2cc(C(C)(C)C)cc3C(C)(C)C)c(C)c1. The topological polar surface area (TPSA) is 26.3 Å². The summed E-state index contributed by atoms with van der Waals surface area (Å²) in [7, 11) is 0. The number of ether oxygens (including phenoxy) is 1. The Morgan fingerprint density at radius 3 is 2.11 bits per heavy atom. The molecule has 3 rings (SSSR count). The molecule has 1 unspecified atom stereocenters. The van der Waals surface area contributed by atoms with Crippen LogP contribution in [0.2, 0.25) is 0 Å². The van der Waals surface area contributed by atoms with Crippen LogP contribution in [0.25, 0.3) is 0 Å². The summed E-state index contributed by atoms with van der Waals surface area (Å²) in [5.41, 5.74) is 6.80. The molecule has 2 aromatic rings. The fraction of sp³-hybridized carbons (Fsp3) is 0.480. The Balaban J connectivity index is 2.25. The predicted octanol–water partition coefficient (Wildman–Crippen LogP) is 6.20. The Kier molecular flexibility index (Phi) is 4.74. The first kappa shape index (κ1) is 19.7. The van der Waals surface area contributed by atoms with Gasteiger partial charge in [-0.25, -0.2) is 0 Å². The number of benzene rings is 2. The summed E-state index contributed by atoms with van der Waals surface area (Å²) in [4.78, 5) is 13.0. The standard InChI is InChI=1S/C25H32O2/c1-9-16-10-11-18(15(2)12-16)21-19-13-17(24(3,4)5)14-20(25(6,7)8)22(19)27-23(21)26/h10-14,21H,9H2,1-8H3. The highest BCUT2D eigenvalue weighted by Crippen LogP contribution is 2.47. The predicted molar refractivity (Wildman–Crippen MR) is 112 cm³/mol. The van der Waals surface area contributed by atoms with Crippen molar-refractivity contribution in [2.24, 2.45) is 0 Å². The van der Waals surface area contributed by atoms with Gasteiger partial charge in [-0.15, -0.1) is 0 Å². The lowest BCUT2D eigenvalue weighted by atomic mass is 9.77. The van der Waals surface area contributed by atoms with Crippen molar-refractivity contribution >= 4 is 5.97 Å². The number of carbonyl (C=O) groups excluding carboxylic acids is 1. The van der Waals surface area contributed by atoms with E-state index >= 15 is 0 Å². The van der Waals surface area contributed by atoms with Crippen molar-refractivity contribution in [2.75, 3.05) is 0 Å². The number of carbonyl (C=O) groups is 1. The highest BCUT2D eigenvalue weighted by Gasteiger charge is 2.40. The Morgan fingerprint density at radius 2 is 1.59 bits per heavy atom. The van der Waals surface area contributed by atoms with E-state index in [9.17, 15) is 4.79 Å². The first-order chi connectivity index (χ1) is 12.4. The van der Waals surface area contributed by atoms with Crippen molar-refractivity contribution in [3.05, 3.63) is 63.7 Å². The first-order valence-electron chi connectivity index (χ1n) is 9.93. The molecule has 1 aliphatic heterocycles. The third-order valence-electron chi connectivity index (χ3n) is 5.59. The minimum atomic E-state index is -0.339. The molecular formula is C25H32O2. The van der Waals surface area contributed by atoms with Crippen LogP contribution in [0, 0.1) is 6.92 Å². The van der Waals surface area contributed by atoms with Crippen LogP contribution in [-0.4, -0.2) is 5.97 Å². The highest BCUT2D eigenvalue weighted by atomic mass is 16.5. The van der Waals surface area contributed by atoms with Crippen molar-refractivity contribution in [3.8, 4) is 5.75 Å². The smallest absolute Gasteiger partial charge is 0.323 e. The summed E-state index contributed by atoms with van der Waals surface area (Å²) >= 11 is 0. The molecule has 0 saturated heterocycles. The summed E-state index contributed by atoms with van der Waals surface area (Å²) < 4.78 is 5.87. The van der Waals surface area contributed by atoms with Crippen LogP contribution in [-0.2, 0) is 22.0 Å². The lowest BCUT2D eigenvalue weighted by molar-refractivity contribution is -0.133. The number of aryl methyl sites for hydroxylation is 2. The largest absolute Gasteiger partial charge is 0.425 e. The molecule has 2 heteroatoms. The van der Waals surface area contributed by atoms with E-state index < -0.39 is 0 Å². The van der Waals surface area contributed by atoms with Gasteiger partial charge in [0.25, 0.3) is 0 Å². The Morgan fingerprint density at radius 1 is 0.926 bits per heavy atom. The molecule has 0 radical (unpaired) electrons. The van der Waals surface area contributed by atoms with Gasteiger partial charge in [0.05, 0.1) is 0 Å². The van der Waals surface area contributed by atoms with Crippen molar-refractivity contribution in [3.63, 3.8) is 0 Å². The average Bonchev–Trinajstić information content (AvgIpc) is 2.87. The van der Waals surface area contributed by atoms with Crippen LogP contribution in [0.3, 0.4) is 0 Å². The monoisotopic (exact) mass is 364 g/mol. The number of hydrogen-bond acceptors (Lipinski definition) is 2. The molecule has 0 fully saturated rings. The zero-order valence-corrected chi connectivity index (χ0v) is 18.0. The maximum absolute atomic E-state index is 13.0. The summed E-state index contributed by atoms with van der Waals surface area (Å²) in [6.07, 6.45) is 0.995. The fourth-order valence-electron chi connectivity index (χ4n) is 3.83. The minimum absolute atomic E-state index is 0.00628. The van der Waals surface area contributed by atoms with E-state index in [1.54, 1.807) is 0 Å². The molecule has 1 aliphatic rings. The summed E-state index contributed by atoms with van der Waals surface area (Å²) in [5.74, 6) is 0.271. The number of rotatable bonds is 2. The van der Waals surface area contributed by atoms with Crippen LogP contribution in [0.15, 0.2) is 30.3 Å². The van der Waals surface area contributed by atoms with Gasteiger partial charge in [-0.1, -0.05) is 78.8 Å². The molecular weight excluding hydrogens is 332 g/mol. The normalized spacial score (nSPS) is 17.0. The quantitative estimate of drug-likeness (QED) is 0.468. The van der Waals surface area contributed by atoms with Gasteiger partial charge in [0.1, 0.15) is 11.7 Å². The Hall–Kier alpha value is -2.09. The van der Waals surface area contributed by atoms with Crippen molar-refractivity contribution in [1.82, 2.24) is 0 Å². The van der Waals surface area contributed by atoms with Gasteiger partial charge in [0, 0.05) is 11.1 Å². The lowest BCUT2D eigenvalue weighted by Gasteiger charge is -2.27. The molecule has 0 bridgehead atoms. The molecule has 1 heterocycles. The van der Waals surface area contributed by atoms with Crippen LogP contribution in [0.1, 0.15) is 87.8 Å². The first-order valence-corrected chi connectivity index (χ1v) is 9.93. The zero-order valence-electron chi connectivity index (χ0n) is 18.0. The van der Waals surface area contributed by atoms with E-state index in [-0.39, 0.29) is 22.7 Å². The Labute approximate surface area is 164 Å². The van der Waals surface area contributed by atoms with Gasteiger partial charge in [0.2, 0.25) is 0 Å². The second-order valence-electron chi connectivity index (χ2n) is 9.84. The molecule has 0 spiro atoms. The molecule has 144 valence electrons. The van der Waals surface area contributed by atoms with E-state index in [1.165, 1.54) is 11.1 Å². The van der Waals surface area contributed by atoms with E-state index in [4.69, 9.17) is 4.74 Å². The van der Waals surface area contributed by atoms with Crippen LogP contribution in [0.5, 0.6) is 5.75 Å². The number of fused-ring (bicyclic) bond motifs is 1. The summed E-state index contributed by atoms with van der Waals surface area (Å²) in [6, 6.07) is 10.8. The van der Waals surface area contributed by atoms with Gasteiger partial charge in [-0.2, -0.15) is 0 Å². The van der Waals surface area contributed by atoms with E-state index in [2.05, 4.69) is 85.7 Å². The fourth-order valence-corrected chi connectivity index (χ4v) is 3.83. The molecule has 0 saturated carbocycles. The summed E-state index contributed by atoms with van der Waals surface area (Å²) in [5, 5.41) is 0. The molecule has 2 aromatic carbocycles. The molecule has 0 aromatic heterocycles. The second-order valence-corrected chi connectivity index (χ2v) is 9.84. The maximum atomic E-state index is 13.0. The highest BCUT2D eigenvalue weighted by molar-refractivity contribution is 5.91. The van der Waals surface area contributed by atoms with Gasteiger partial charge < -0.3 is 4.74 Å². The van der Waals surface area contributed by atoms with Crippen molar-refractivity contribution in [2.45, 2.75) is 78.6 Å². The third kappa shape index (κ3) is 3.54. The average molecular weight is 365 g/mol. The van der Waals surface area contributed by atoms with Gasteiger partial charge in [-0.05, 0) is 46.4 Å². The van der Waals surface area contributed by atoms with E-state index in [1.807, 2.05) is 0 Å². The molecule has 1 atom stereocenters. The summed E-state index contributed by atoms with van der Waals surface area (Å²) in [6.45, 7) is 17.4. The number of esters is 1. The minimum Gasteiger partial charge on any atom is -0.425 e. The van der Waals surface area contributed by atoms with E-state index in [0.29, 0.717) is 0 Å². The molecule has 0 N–H and O–H groups in total. The van der Waals surface area contributed by atoms with E-state index in [0.717, 1.165) is 34.4 Å². The van der Waals surface area contributed by atoms with Crippen LogP contribution >= 0.6 is 0 Å². The van der Waals surface area contributed by atoms with Gasteiger partial charge >= 0.3 is 5.97 Å². The lowest BCUT2D eigenvalue weighted by Crippen LogP contribution is -2.17. The molecule has 27 heavy (non-hydrogen) atoms. The molecule has 0 aliphatic carbocycles. The maximum Gasteiger partial charge on any atom is 0.323 e. The zero-order chi connectivity index (χ0) is 20.1. The van der Waals surface area contributed by atoms with Crippen LogP contribution < -0.4 is 4.74 Å². The third-order valence-corrected chi connectivity index (χ3v) is 5.59. The van der Waals surface area contributed by atoms with Gasteiger partial charge in [0.15, 0.2) is 0 Å². The van der Waals surface area contributed by atoms with Crippen molar-refractivity contribution < 1.29 is 9.53 Å². The van der Waals surface area contributed by atoms with Crippen LogP contribution in [0.4, 0.5) is 0 Å². The van der Waals surface area contributed by atoms with Crippen molar-refractivity contribution in [1.29, 1.82) is 0 Å². The van der Waals surface area contributed by atoms with Gasteiger partial charge in [-0.3, -0.25) is 4.79 Å². The Bertz CT molecular complexity index is 892.